The summed E-state index contributed by atoms with van der Waals surface area (Å²) in [6.07, 6.45) is 4.63. The molecule has 2 aromatic carbocycles. The van der Waals surface area contributed by atoms with Crippen molar-refractivity contribution < 1.29 is 9.21 Å². The van der Waals surface area contributed by atoms with E-state index in [1.807, 2.05) is 43.4 Å². The average Bonchev–Trinajstić information content (AvgIpc) is 3.14. The van der Waals surface area contributed by atoms with Crippen molar-refractivity contribution in [2.45, 2.75) is 45.7 Å². The first-order valence-electron chi connectivity index (χ1n) is 10.8. The third-order valence-corrected chi connectivity index (χ3v) is 5.66. The minimum atomic E-state index is -0.110. The molecule has 0 aliphatic heterocycles. The summed E-state index contributed by atoms with van der Waals surface area (Å²) in [6.45, 7) is 3.08. The Morgan fingerprint density at radius 2 is 1.84 bits per heavy atom. The van der Waals surface area contributed by atoms with Crippen molar-refractivity contribution in [2.75, 3.05) is 7.05 Å². The van der Waals surface area contributed by atoms with Gasteiger partial charge in [-0.15, -0.1) is 0 Å². The van der Waals surface area contributed by atoms with Crippen molar-refractivity contribution in [2.24, 2.45) is 0 Å². The third kappa shape index (κ3) is 4.38. The summed E-state index contributed by atoms with van der Waals surface area (Å²) in [5.41, 5.74) is 2.59. The lowest BCUT2D eigenvalue weighted by molar-refractivity contribution is -0.130. The van der Waals surface area contributed by atoms with Gasteiger partial charge in [0, 0.05) is 42.8 Å². The van der Waals surface area contributed by atoms with Crippen molar-refractivity contribution in [1.29, 1.82) is 0 Å². The molecule has 4 aromatic rings. The number of unbranched alkanes of at least 4 members (excludes halogenated alkanes) is 1. The lowest BCUT2D eigenvalue weighted by atomic mass is 10.1. The number of hydrogen-bond donors (Lipinski definition) is 0. The molecular weight excluding hydrogens is 390 g/mol. The average molecular weight is 418 g/mol. The number of amides is 1. The molecule has 0 spiro atoms. The Balaban J connectivity index is 1.50. The molecule has 6 nitrogen and oxygen atoms in total. The highest BCUT2D eigenvalue weighted by atomic mass is 16.3. The van der Waals surface area contributed by atoms with E-state index in [0.717, 1.165) is 47.1 Å². The fraction of sp³-hybridized carbons (Fsp3) is 0.320. The number of aromatic nitrogens is 2. The van der Waals surface area contributed by atoms with Crippen LogP contribution in [-0.4, -0.2) is 27.6 Å². The Morgan fingerprint density at radius 3 is 2.65 bits per heavy atom. The zero-order chi connectivity index (χ0) is 21.8. The number of fused-ring (bicyclic) bond motifs is 2. The van der Waals surface area contributed by atoms with E-state index in [-0.39, 0.29) is 11.3 Å². The predicted octanol–water partition coefficient (Wildman–Crippen LogP) is 4.53. The molecule has 0 aliphatic carbocycles. The second-order valence-electron chi connectivity index (χ2n) is 7.85. The first kappa shape index (κ1) is 20.8. The van der Waals surface area contributed by atoms with Gasteiger partial charge < -0.3 is 9.32 Å². The standard InChI is InChI=1S/C25H27N3O3/c1-3-4-12-24-20(18-9-6-8-13-23(18)31-24)17-27(2)25(30)14-15-28-21-11-7-5-10-19(21)22(29)16-26-28/h5-11,13,16H,3-4,12,14-15,17H2,1-2H3. The molecular formula is C25H27N3O3. The van der Waals surface area contributed by atoms with Crippen LogP contribution in [0.5, 0.6) is 0 Å². The molecule has 1 amide bonds. The van der Waals surface area contributed by atoms with Gasteiger partial charge in [-0.2, -0.15) is 5.10 Å². The number of hydrogen-bond acceptors (Lipinski definition) is 4. The van der Waals surface area contributed by atoms with Gasteiger partial charge in [0.15, 0.2) is 0 Å². The van der Waals surface area contributed by atoms with Gasteiger partial charge in [0.2, 0.25) is 11.3 Å². The van der Waals surface area contributed by atoms with Gasteiger partial charge in [-0.25, -0.2) is 0 Å². The van der Waals surface area contributed by atoms with Gasteiger partial charge in [0.05, 0.1) is 18.3 Å². The normalized spacial score (nSPS) is 11.3. The van der Waals surface area contributed by atoms with E-state index in [0.29, 0.717) is 24.9 Å². The largest absolute Gasteiger partial charge is 0.461 e. The molecule has 0 N–H and O–H groups in total. The zero-order valence-electron chi connectivity index (χ0n) is 18.0. The van der Waals surface area contributed by atoms with Gasteiger partial charge in [0.1, 0.15) is 11.3 Å². The molecule has 0 radical (unpaired) electrons. The number of rotatable bonds is 8. The number of para-hydroxylation sites is 2. The Kier molecular flexibility index (Phi) is 6.16. The molecule has 0 saturated carbocycles. The number of carbonyl (C=O) groups excluding carboxylic acids is 1. The molecule has 0 bridgehead atoms. The summed E-state index contributed by atoms with van der Waals surface area (Å²) in [5.74, 6) is 0.993. The van der Waals surface area contributed by atoms with Crippen molar-refractivity contribution in [1.82, 2.24) is 14.7 Å². The zero-order valence-corrected chi connectivity index (χ0v) is 18.0. The van der Waals surface area contributed by atoms with Gasteiger partial charge in [-0.1, -0.05) is 43.7 Å². The highest BCUT2D eigenvalue weighted by Crippen LogP contribution is 2.28. The molecule has 160 valence electrons. The molecule has 4 rings (SSSR count). The van der Waals surface area contributed by atoms with E-state index in [1.54, 1.807) is 15.6 Å². The highest BCUT2D eigenvalue weighted by Gasteiger charge is 2.18. The fourth-order valence-corrected chi connectivity index (χ4v) is 3.92. The minimum absolute atomic E-state index is 0.0244. The van der Waals surface area contributed by atoms with Crippen molar-refractivity contribution in [3.05, 3.63) is 76.3 Å². The molecule has 0 fully saturated rings. The Labute approximate surface area is 181 Å². The Morgan fingerprint density at radius 1 is 1.10 bits per heavy atom. The second kappa shape index (κ2) is 9.16. The monoisotopic (exact) mass is 417 g/mol. The number of nitrogens with zero attached hydrogens (tertiary/aromatic N) is 3. The molecule has 6 heteroatoms. The van der Waals surface area contributed by atoms with Crippen LogP contribution in [0.2, 0.25) is 0 Å². The van der Waals surface area contributed by atoms with E-state index >= 15 is 0 Å². The molecule has 0 aliphatic rings. The van der Waals surface area contributed by atoms with Gasteiger partial charge in [-0.3, -0.25) is 14.3 Å². The van der Waals surface area contributed by atoms with Gasteiger partial charge in [-0.05, 0) is 24.6 Å². The molecule has 0 unspecified atom stereocenters. The summed E-state index contributed by atoms with van der Waals surface area (Å²) in [5, 5.41) is 5.91. The second-order valence-corrected chi connectivity index (χ2v) is 7.85. The van der Waals surface area contributed by atoms with Crippen molar-refractivity contribution in [3.63, 3.8) is 0 Å². The molecule has 31 heavy (non-hydrogen) atoms. The van der Waals surface area contributed by atoms with Crippen LogP contribution >= 0.6 is 0 Å². The SMILES string of the molecule is CCCCc1oc2ccccc2c1CN(C)C(=O)CCn1ncc(=O)c2ccccc21. The van der Waals surface area contributed by atoms with Crippen LogP contribution in [0.1, 0.15) is 37.5 Å². The first-order chi connectivity index (χ1) is 15.1. The summed E-state index contributed by atoms with van der Waals surface area (Å²) in [7, 11) is 1.82. The van der Waals surface area contributed by atoms with Gasteiger partial charge >= 0.3 is 0 Å². The number of aryl methyl sites for hydroxylation is 2. The topological polar surface area (TPSA) is 68.3 Å². The summed E-state index contributed by atoms with van der Waals surface area (Å²) in [6, 6.07) is 15.3. The van der Waals surface area contributed by atoms with Crippen LogP contribution in [0.4, 0.5) is 0 Å². The quantitative estimate of drug-likeness (QED) is 0.422. The minimum Gasteiger partial charge on any atom is -0.461 e. The maximum absolute atomic E-state index is 12.9. The summed E-state index contributed by atoms with van der Waals surface area (Å²) in [4.78, 5) is 26.7. The van der Waals surface area contributed by atoms with Crippen molar-refractivity contribution >= 4 is 27.8 Å². The van der Waals surface area contributed by atoms with Crippen LogP contribution in [0.25, 0.3) is 21.9 Å². The van der Waals surface area contributed by atoms with Crippen molar-refractivity contribution in [3.8, 4) is 0 Å². The lowest BCUT2D eigenvalue weighted by Gasteiger charge is -2.18. The summed E-state index contributed by atoms with van der Waals surface area (Å²) >= 11 is 0. The van der Waals surface area contributed by atoms with Crippen LogP contribution in [-0.2, 0) is 24.3 Å². The van der Waals surface area contributed by atoms with E-state index < -0.39 is 0 Å². The molecule has 2 heterocycles. The van der Waals surface area contributed by atoms with E-state index in [4.69, 9.17) is 4.42 Å². The van der Waals surface area contributed by atoms with Crippen LogP contribution in [0.15, 0.2) is 63.9 Å². The first-order valence-corrected chi connectivity index (χ1v) is 10.8. The van der Waals surface area contributed by atoms with Crippen LogP contribution < -0.4 is 5.43 Å². The van der Waals surface area contributed by atoms with Gasteiger partial charge in [0.25, 0.3) is 0 Å². The number of furan rings is 1. The Hall–Kier alpha value is -3.41. The molecule has 2 aromatic heterocycles. The van der Waals surface area contributed by atoms with E-state index in [9.17, 15) is 9.59 Å². The van der Waals surface area contributed by atoms with E-state index in [2.05, 4.69) is 18.1 Å². The highest BCUT2D eigenvalue weighted by molar-refractivity contribution is 5.83. The smallest absolute Gasteiger partial charge is 0.224 e. The maximum atomic E-state index is 12.9. The predicted molar refractivity (Wildman–Crippen MR) is 122 cm³/mol. The van der Waals surface area contributed by atoms with E-state index in [1.165, 1.54) is 6.20 Å². The molecule has 0 atom stereocenters. The summed E-state index contributed by atoms with van der Waals surface area (Å²) < 4.78 is 7.81. The number of benzene rings is 2. The van der Waals surface area contributed by atoms with Crippen LogP contribution in [0, 0.1) is 0 Å². The fourth-order valence-electron chi connectivity index (χ4n) is 3.92. The third-order valence-electron chi connectivity index (χ3n) is 5.66. The Bertz CT molecular complexity index is 1270. The lowest BCUT2D eigenvalue weighted by Crippen LogP contribution is -2.28. The maximum Gasteiger partial charge on any atom is 0.224 e. The molecule has 0 saturated heterocycles. The van der Waals surface area contributed by atoms with Crippen LogP contribution in [0.3, 0.4) is 0 Å². The number of carbonyl (C=O) groups is 1.